The predicted molar refractivity (Wildman–Crippen MR) is 141 cm³/mol. The maximum Gasteiger partial charge on any atom is 0.251 e. The first-order valence-corrected chi connectivity index (χ1v) is 12.5. The number of pyridine rings is 2. The second-order valence-corrected chi connectivity index (χ2v) is 9.23. The van der Waals surface area contributed by atoms with Gasteiger partial charge < -0.3 is 24.9 Å². The summed E-state index contributed by atoms with van der Waals surface area (Å²) in [5, 5.41) is 16.6. The summed E-state index contributed by atoms with van der Waals surface area (Å²) in [6, 6.07) is 11.1. The third-order valence-electron chi connectivity index (χ3n) is 6.49. The summed E-state index contributed by atoms with van der Waals surface area (Å²) in [5.41, 5.74) is 4.88. The molecular formula is C28H30N6O4. The van der Waals surface area contributed by atoms with Crippen molar-refractivity contribution < 1.29 is 19.1 Å². The van der Waals surface area contributed by atoms with Gasteiger partial charge in [-0.05, 0) is 60.4 Å². The van der Waals surface area contributed by atoms with Crippen LogP contribution in [0.15, 0.2) is 72.0 Å². The maximum atomic E-state index is 12.7. The first-order chi connectivity index (χ1) is 18.5. The van der Waals surface area contributed by atoms with E-state index in [9.17, 15) is 9.90 Å². The number of aromatic nitrogens is 3. The number of aliphatic hydroxyl groups excluding tert-OH is 1. The third kappa shape index (κ3) is 6.34. The molecule has 0 bridgehead atoms. The first-order valence-electron chi connectivity index (χ1n) is 12.5. The van der Waals surface area contributed by atoms with Crippen LogP contribution in [0.1, 0.15) is 32.8 Å². The summed E-state index contributed by atoms with van der Waals surface area (Å²) in [6.45, 7) is 4.59. The second kappa shape index (κ2) is 11.8. The Labute approximate surface area is 220 Å². The van der Waals surface area contributed by atoms with Gasteiger partial charge in [-0.15, -0.1) is 0 Å². The maximum absolute atomic E-state index is 12.7. The lowest BCUT2D eigenvalue weighted by Gasteiger charge is -2.31. The number of rotatable bonds is 10. The number of fused-ring (bicyclic) bond motifs is 1. The van der Waals surface area contributed by atoms with Crippen molar-refractivity contribution in [2.24, 2.45) is 0 Å². The molecule has 4 aromatic rings. The summed E-state index contributed by atoms with van der Waals surface area (Å²) in [5.74, 6) is 1.80. The Kier molecular flexibility index (Phi) is 7.91. The molecule has 1 aliphatic rings. The number of oxazole rings is 1. The summed E-state index contributed by atoms with van der Waals surface area (Å²) in [7, 11) is 0. The minimum Gasteiger partial charge on any atom is -0.485 e. The Hall–Kier alpha value is -4.28. The fraction of sp³-hybridized carbons (Fsp3) is 0.286. The first kappa shape index (κ1) is 25.4. The predicted octanol–water partition coefficient (Wildman–Crippen LogP) is 3.24. The number of carbonyl (C=O) groups excluding carboxylic acids is 1. The monoisotopic (exact) mass is 514 g/mol. The van der Waals surface area contributed by atoms with Gasteiger partial charge in [0.15, 0.2) is 12.2 Å². The lowest BCUT2D eigenvalue weighted by molar-refractivity contribution is 0.0841. The highest BCUT2D eigenvalue weighted by molar-refractivity contribution is 5.94. The van der Waals surface area contributed by atoms with Crippen LogP contribution >= 0.6 is 0 Å². The van der Waals surface area contributed by atoms with E-state index in [2.05, 4.69) is 43.5 Å². The van der Waals surface area contributed by atoms with Gasteiger partial charge in [0.1, 0.15) is 18.2 Å². The van der Waals surface area contributed by atoms with E-state index in [-0.39, 0.29) is 12.5 Å². The molecule has 38 heavy (non-hydrogen) atoms. The fourth-order valence-electron chi connectivity index (χ4n) is 4.55. The van der Waals surface area contributed by atoms with Gasteiger partial charge in [0.2, 0.25) is 0 Å². The van der Waals surface area contributed by atoms with Crippen LogP contribution in [0.2, 0.25) is 0 Å². The molecule has 0 spiro atoms. The summed E-state index contributed by atoms with van der Waals surface area (Å²) >= 11 is 0. The molecule has 5 rings (SSSR count). The van der Waals surface area contributed by atoms with Crippen LogP contribution in [0.4, 0.5) is 11.5 Å². The topological polar surface area (TPSA) is 126 Å². The lowest BCUT2D eigenvalue weighted by atomic mass is 9.94. The zero-order chi connectivity index (χ0) is 26.3. The third-order valence-corrected chi connectivity index (χ3v) is 6.49. The number of ether oxygens (including phenoxy) is 1. The number of benzene rings is 1. The molecule has 0 fully saturated rings. The summed E-state index contributed by atoms with van der Waals surface area (Å²) in [4.78, 5) is 27.1. The molecule has 1 amide bonds. The van der Waals surface area contributed by atoms with Crippen molar-refractivity contribution in [2.75, 3.05) is 25.0 Å². The van der Waals surface area contributed by atoms with Crippen LogP contribution < -0.4 is 15.4 Å². The SMILES string of the molecule is Cc1c(OCc2cnco2)ccc2c1CCN(CC(O)CNC(=O)c1ccnc(Nc3cccnc3)c1)C2. The Bertz CT molecular complexity index is 1360. The molecule has 3 aromatic heterocycles. The van der Waals surface area contributed by atoms with Crippen molar-refractivity contribution in [1.29, 1.82) is 0 Å². The number of hydrogen-bond acceptors (Lipinski definition) is 9. The molecule has 1 aliphatic heterocycles. The number of aliphatic hydroxyl groups is 1. The number of nitrogens with one attached hydrogen (secondary N) is 2. The minimum atomic E-state index is -0.694. The molecule has 1 unspecified atom stereocenters. The van der Waals surface area contributed by atoms with Crippen LogP contribution in [-0.4, -0.2) is 56.6 Å². The normalized spacial score (nSPS) is 13.9. The molecule has 196 valence electrons. The Balaban J connectivity index is 1.11. The van der Waals surface area contributed by atoms with Crippen LogP contribution in [-0.2, 0) is 19.6 Å². The highest BCUT2D eigenvalue weighted by Gasteiger charge is 2.22. The summed E-state index contributed by atoms with van der Waals surface area (Å²) in [6.07, 6.45) is 8.15. The molecule has 10 heteroatoms. The largest absolute Gasteiger partial charge is 0.485 e. The number of anilines is 2. The van der Waals surface area contributed by atoms with Gasteiger partial charge in [0.25, 0.3) is 5.91 Å². The fourth-order valence-corrected chi connectivity index (χ4v) is 4.55. The van der Waals surface area contributed by atoms with Crippen molar-refractivity contribution in [1.82, 2.24) is 25.2 Å². The molecule has 4 heterocycles. The quantitative estimate of drug-likeness (QED) is 0.292. The Morgan fingerprint density at radius 1 is 1.21 bits per heavy atom. The average Bonchev–Trinajstić information content (AvgIpc) is 3.46. The van der Waals surface area contributed by atoms with Crippen molar-refractivity contribution in [3.8, 4) is 5.75 Å². The molecule has 0 aliphatic carbocycles. The summed E-state index contributed by atoms with van der Waals surface area (Å²) < 4.78 is 11.2. The molecule has 0 radical (unpaired) electrons. The van der Waals surface area contributed by atoms with Crippen molar-refractivity contribution in [2.45, 2.75) is 32.6 Å². The number of β-amino-alcohol motifs (C(OH)–C–C–N with tert-alkyl or cyclic N) is 1. The standard InChI is InChI=1S/C28H30N6O4/c1-19-25-7-10-34(15-21(25)4-5-26(19)37-17-24-14-30-18-38-24)16-23(35)13-32-28(36)20-6-9-31-27(11-20)33-22-3-2-8-29-12-22/h2-6,8-9,11-12,14,18,23,35H,7,10,13,15-17H2,1H3,(H,31,33)(H,32,36). The van der Waals surface area contributed by atoms with Crippen LogP contribution in [0.3, 0.4) is 0 Å². The zero-order valence-corrected chi connectivity index (χ0v) is 21.1. The average molecular weight is 515 g/mol. The van der Waals surface area contributed by atoms with Gasteiger partial charge in [-0.1, -0.05) is 6.07 Å². The zero-order valence-electron chi connectivity index (χ0n) is 21.1. The minimum absolute atomic E-state index is 0.156. The van der Waals surface area contributed by atoms with E-state index in [1.165, 1.54) is 17.5 Å². The molecular weight excluding hydrogens is 484 g/mol. The molecule has 1 aromatic carbocycles. The van der Waals surface area contributed by atoms with E-state index in [4.69, 9.17) is 9.15 Å². The van der Waals surface area contributed by atoms with Gasteiger partial charge in [0, 0.05) is 44.1 Å². The number of hydrogen-bond donors (Lipinski definition) is 3. The van der Waals surface area contributed by atoms with Crippen molar-refractivity contribution >= 4 is 17.4 Å². The number of carbonyl (C=O) groups is 1. The molecule has 0 saturated heterocycles. The number of nitrogens with zero attached hydrogens (tertiary/aromatic N) is 4. The number of amides is 1. The molecule has 3 N–H and O–H groups in total. The van der Waals surface area contributed by atoms with E-state index in [1.54, 1.807) is 36.9 Å². The Morgan fingerprint density at radius 2 is 2.13 bits per heavy atom. The van der Waals surface area contributed by atoms with Gasteiger partial charge in [0.05, 0.1) is 24.2 Å². The van der Waals surface area contributed by atoms with Gasteiger partial charge >= 0.3 is 0 Å². The van der Waals surface area contributed by atoms with Crippen molar-refractivity contribution in [3.63, 3.8) is 0 Å². The van der Waals surface area contributed by atoms with E-state index >= 15 is 0 Å². The van der Waals surface area contributed by atoms with Gasteiger partial charge in [-0.2, -0.15) is 0 Å². The van der Waals surface area contributed by atoms with Gasteiger partial charge in [-0.25, -0.2) is 9.97 Å². The highest BCUT2D eigenvalue weighted by atomic mass is 16.5. The lowest BCUT2D eigenvalue weighted by Crippen LogP contribution is -2.42. The van der Waals surface area contributed by atoms with Crippen LogP contribution in [0.5, 0.6) is 5.75 Å². The smallest absolute Gasteiger partial charge is 0.251 e. The van der Waals surface area contributed by atoms with Crippen LogP contribution in [0.25, 0.3) is 0 Å². The molecule has 10 nitrogen and oxygen atoms in total. The van der Waals surface area contributed by atoms with E-state index < -0.39 is 6.10 Å². The van der Waals surface area contributed by atoms with Crippen molar-refractivity contribution in [3.05, 3.63) is 95.6 Å². The molecule has 0 saturated carbocycles. The van der Waals surface area contributed by atoms with E-state index in [0.717, 1.165) is 36.5 Å². The Morgan fingerprint density at radius 3 is 2.95 bits per heavy atom. The highest BCUT2D eigenvalue weighted by Crippen LogP contribution is 2.30. The second-order valence-electron chi connectivity index (χ2n) is 9.23. The van der Waals surface area contributed by atoms with Crippen LogP contribution in [0, 0.1) is 6.92 Å². The van der Waals surface area contributed by atoms with E-state index in [0.29, 0.717) is 30.3 Å². The van der Waals surface area contributed by atoms with Gasteiger partial charge in [-0.3, -0.25) is 14.7 Å². The molecule has 1 atom stereocenters. The van der Waals surface area contributed by atoms with E-state index in [1.807, 2.05) is 18.2 Å².